The number of pyridine rings is 1. The van der Waals surface area contributed by atoms with Gasteiger partial charge in [-0.2, -0.15) is 0 Å². The Morgan fingerprint density at radius 2 is 2.25 bits per heavy atom. The summed E-state index contributed by atoms with van der Waals surface area (Å²) in [6.45, 7) is 7.77. The number of aryl methyl sites for hydroxylation is 1. The van der Waals surface area contributed by atoms with Gasteiger partial charge in [0.1, 0.15) is 0 Å². The average molecular weight is 218 g/mol. The van der Waals surface area contributed by atoms with Crippen molar-refractivity contribution in [3.05, 3.63) is 29.6 Å². The molecule has 0 amide bonds. The van der Waals surface area contributed by atoms with Gasteiger partial charge >= 0.3 is 0 Å². The van der Waals surface area contributed by atoms with Crippen LogP contribution in [0.15, 0.2) is 18.5 Å². The van der Waals surface area contributed by atoms with Crippen LogP contribution in [-0.4, -0.2) is 11.0 Å². The summed E-state index contributed by atoms with van der Waals surface area (Å²) >= 11 is 0. The average Bonchev–Trinajstić information content (AvgIpc) is 2.55. The van der Waals surface area contributed by atoms with Crippen LogP contribution in [-0.2, 0) is 6.54 Å². The maximum Gasteiger partial charge on any atom is 0.0313 e. The maximum absolute atomic E-state index is 4.23. The Balaban J connectivity index is 1.92. The van der Waals surface area contributed by atoms with Gasteiger partial charge in [-0.25, -0.2) is 0 Å². The molecule has 1 N–H and O–H groups in total. The molecule has 1 aromatic heterocycles. The molecule has 16 heavy (non-hydrogen) atoms. The summed E-state index contributed by atoms with van der Waals surface area (Å²) in [4.78, 5) is 4.23. The van der Waals surface area contributed by atoms with Crippen LogP contribution < -0.4 is 5.32 Å². The molecule has 0 aliphatic heterocycles. The molecule has 0 spiro atoms. The summed E-state index contributed by atoms with van der Waals surface area (Å²) in [6, 6.07) is 2.87. The van der Waals surface area contributed by atoms with Crippen LogP contribution in [0.25, 0.3) is 0 Å². The Kier molecular flexibility index (Phi) is 3.29. The van der Waals surface area contributed by atoms with E-state index in [1.54, 1.807) is 0 Å². The lowest BCUT2D eigenvalue weighted by Crippen LogP contribution is -2.37. The monoisotopic (exact) mass is 218 g/mol. The summed E-state index contributed by atoms with van der Waals surface area (Å²) < 4.78 is 0. The lowest BCUT2D eigenvalue weighted by atomic mass is 9.87. The first-order valence-electron chi connectivity index (χ1n) is 6.22. The van der Waals surface area contributed by atoms with Gasteiger partial charge in [0.2, 0.25) is 0 Å². The fraction of sp³-hybridized carbons (Fsp3) is 0.643. The molecule has 1 fully saturated rings. The SMILES string of the molecule is Cc1cncc(CNC2CCCC2(C)C)c1. The van der Waals surface area contributed by atoms with Crippen molar-refractivity contribution >= 4 is 0 Å². The minimum absolute atomic E-state index is 0.456. The second-order valence-corrected chi connectivity index (χ2v) is 5.68. The van der Waals surface area contributed by atoms with Gasteiger partial charge in [0, 0.05) is 25.0 Å². The Hall–Kier alpha value is -0.890. The number of hydrogen-bond donors (Lipinski definition) is 1. The predicted octanol–water partition coefficient (Wildman–Crippen LogP) is 3.06. The molecule has 2 rings (SSSR count). The second kappa shape index (κ2) is 4.54. The zero-order chi connectivity index (χ0) is 11.6. The molecule has 0 aromatic carbocycles. The van der Waals surface area contributed by atoms with Crippen molar-refractivity contribution in [3.8, 4) is 0 Å². The van der Waals surface area contributed by atoms with E-state index in [4.69, 9.17) is 0 Å². The topological polar surface area (TPSA) is 24.9 Å². The van der Waals surface area contributed by atoms with E-state index >= 15 is 0 Å². The fourth-order valence-electron chi connectivity index (χ4n) is 2.66. The largest absolute Gasteiger partial charge is 0.309 e. The minimum atomic E-state index is 0.456. The highest BCUT2D eigenvalue weighted by Crippen LogP contribution is 2.37. The van der Waals surface area contributed by atoms with Gasteiger partial charge < -0.3 is 5.32 Å². The van der Waals surface area contributed by atoms with Crippen LogP contribution in [0.1, 0.15) is 44.2 Å². The first kappa shape index (κ1) is 11.6. The van der Waals surface area contributed by atoms with Crippen LogP contribution in [0, 0.1) is 12.3 Å². The summed E-state index contributed by atoms with van der Waals surface area (Å²) in [5, 5.41) is 3.68. The van der Waals surface area contributed by atoms with E-state index in [1.807, 2.05) is 12.4 Å². The van der Waals surface area contributed by atoms with E-state index in [0.29, 0.717) is 11.5 Å². The van der Waals surface area contributed by atoms with Crippen LogP contribution in [0.2, 0.25) is 0 Å². The smallest absolute Gasteiger partial charge is 0.0313 e. The summed E-state index contributed by atoms with van der Waals surface area (Å²) in [5.41, 5.74) is 2.99. The van der Waals surface area contributed by atoms with E-state index < -0.39 is 0 Å². The third-order valence-electron chi connectivity index (χ3n) is 3.74. The zero-order valence-electron chi connectivity index (χ0n) is 10.6. The molecule has 0 radical (unpaired) electrons. The Morgan fingerprint density at radius 3 is 2.88 bits per heavy atom. The van der Waals surface area contributed by atoms with Gasteiger partial charge in [0.05, 0.1) is 0 Å². The molecule has 1 aliphatic carbocycles. The molecule has 2 heteroatoms. The van der Waals surface area contributed by atoms with E-state index in [1.165, 1.54) is 30.4 Å². The normalized spacial score (nSPS) is 23.6. The lowest BCUT2D eigenvalue weighted by molar-refractivity contribution is 0.282. The van der Waals surface area contributed by atoms with Gasteiger partial charge in [-0.15, -0.1) is 0 Å². The third kappa shape index (κ3) is 2.62. The molecular weight excluding hydrogens is 196 g/mol. The van der Waals surface area contributed by atoms with Gasteiger partial charge in [-0.05, 0) is 36.3 Å². The van der Waals surface area contributed by atoms with Crippen LogP contribution >= 0.6 is 0 Å². The number of hydrogen-bond acceptors (Lipinski definition) is 2. The molecular formula is C14H22N2. The van der Waals surface area contributed by atoms with Crippen molar-refractivity contribution in [2.24, 2.45) is 5.41 Å². The lowest BCUT2D eigenvalue weighted by Gasteiger charge is -2.28. The molecule has 0 saturated heterocycles. The Bertz CT molecular complexity index is 358. The molecule has 88 valence electrons. The van der Waals surface area contributed by atoms with Crippen LogP contribution in [0.3, 0.4) is 0 Å². The molecule has 1 saturated carbocycles. The number of aromatic nitrogens is 1. The fourth-order valence-corrected chi connectivity index (χ4v) is 2.66. The Labute approximate surface area is 98.5 Å². The number of rotatable bonds is 3. The van der Waals surface area contributed by atoms with Crippen LogP contribution in [0.5, 0.6) is 0 Å². The van der Waals surface area contributed by atoms with Gasteiger partial charge in [0.25, 0.3) is 0 Å². The van der Waals surface area contributed by atoms with Crippen molar-refractivity contribution in [3.63, 3.8) is 0 Å². The summed E-state index contributed by atoms with van der Waals surface area (Å²) in [5.74, 6) is 0. The molecule has 1 aliphatic rings. The highest BCUT2D eigenvalue weighted by Gasteiger charge is 2.33. The maximum atomic E-state index is 4.23. The first-order valence-corrected chi connectivity index (χ1v) is 6.22. The number of nitrogens with one attached hydrogen (secondary N) is 1. The summed E-state index contributed by atoms with van der Waals surface area (Å²) in [6.07, 6.45) is 7.88. The number of nitrogens with zero attached hydrogens (tertiary/aromatic N) is 1. The first-order chi connectivity index (χ1) is 7.58. The Morgan fingerprint density at radius 1 is 1.44 bits per heavy atom. The van der Waals surface area contributed by atoms with E-state index in [2.05, 4.69) is 37.1 Å². The van der Waals surface area contributed by atoms with Crippen molar-refractivity contribution < 1.29 is 0 Å². The second-order valence-electron chi connectivity index (χ2n) is 5.68. The molecule has 2 nitrogen and oxygen atoms in total. The minimum Gasteiger partial charge on any atom is -0.309 e. The van der Waals surface area contributed by atoms with Crippen LogP contribution in [0.4, 0.5) is 0 Å². The molecule has 1 aromatic rings. The van der Waals surface area contributed by atoms with Crippen molar-refractivity contribution in [1.29, 1.82) is 0 Å². The van der Waals surface area contributed by atoms with Gasteiger partial charge in [-0.3, -0.25) is 4.98 Å². The van der Waals surface area contributed by atoms with Crippen molar-refractivity contribution in [2.45, 2.75) is 52.6 Å². The molecule has 1 heterocycles. The van der Waals surface area contributed by atoms with Gasteiger partial charge in [0.15, 0.2) is 0 Å². The predicted molar refractivity (Wildman–Crippen MR) is 67.2 cm³/mol. The van der Waals surface area contributed by atoms with Crippen molar-refractivity contribution in [1.82, 2.24) is 10.3 Å². The summed E-state index contributed by atoms with van der Waals surface area (Å²) in [7, 11) is 0. The molecule has 1 unspecified atom stereocenters. The zero-order valence-corrected chi connectivity index (χ0v) is 10.6. The van der Waals surface area contributed by atoms with E-state index in [-0.39, 0.29) is 0 Å². The molecule has 0 bridgehead atoms. The molecule has 1 atom stereocenters. The quantitative estimate of drug-likeness (QED) is 0.843. The van der Waals surface area contributed by atoms with E-state index in [9.17, 15) is 0 Å². The van der Waals surface area contributed by atoms with E-state index in [0.717, 1.165) is 6.54 Å². The third-order valence-corrected chi connectivity index (χ3v) is 3.74. The van der Waals surface area contributed by atoms with Gasteiger partial charge in [-0.1, -0.05) is 26.3 Å². The van der Waals surface area contributed by atoms with Crippen molar-refractivity contribution in [2.75, 3.05) is 0 Å². The standard InChI is InChI=1S/C14H22N2/c1-11-7-12(9-15-8-11)10-16-13-5-4-6-14(13,2)3/h7-9,13,16H,4-6,10H2,1-3H3. The highest BCUT2D eigenvalue weighted by molar-refractivity contribution is 5.16. The highest BCUT2D eigenvalue weighted by atomic mass is 14.9.